The summed E-state index contributed by atoms with van der Waals surface area (Å²) >= 11 is 0. The van der Waals surface area contributed by atoms with Gasteiger partial charge >= 0.3 is 5.97 Å². The molecule has 0 aliphatic carbocycles. The lowest BCUT2D eigenvalue weighted by molar-refractivity contribution is -0.150. The zero-order valence-electron chi connectivity index (χ0n) is 17.7. The Hall–Kier alpha value is -2.86. The Labute approximate surface area is 176 Å². The van der Waals surface area contributed by atoms with Crippen LogP contribution in [0.15, 0.2) is 42.5 Å². The molecule has 4 rings (SSSR count). The molecule has 0 bridgehead atoms. The Bertz CT molecular complexity index is 1070. The second kappa shape index (κ2) is 8.88. The van der Waals surface area contributed by atoms with E-state index >= 15 is 0 Å². The number of hydrogen-bond donors (Lipinski definition) is 1. The van der Waals surface area contributed by atoms with Crippen molar-refractivity contribution in [2.75, 3.05) is 31.6 Å². The molecule has 1 aromatic heterocycles. The first kappa shape index (κ1) is 20.4. The van der Waals surface area contributed by atoms with Crippen LogP contribution >= 0.6 is 0 Å². The minimum Gasteiger partial charge on any atom is -0.466 e. The molecule has 6 nitrogen and oxygen atoms in total. The lowest BCUT2D eigenvalue weighted by Crippen LogP contribution is -2.43. The molecule has 0 saturated carbocycles. The van der Waals surface area contributed by atoms with Gasteiger partial charge in [0.05, 0.1) is 19.1 Å². The van der Waals surface area contributed by atoms with Crippen molar-refractivity contribution in [3.63, 3.8) is 0 Å². The fourth-order valence-electron chi connectivity index (χ4n) is 4.53. The Kier molecular flexibility index (Phi) is 6.04. The number of piperidine rings is 1. The van der Waals surface area contributed by atoms with E-state index in [4.69, 9.17) is 4.74 Å². The molecular formula is C24H29N3O3. The number of benzene rings is 2. The summed E-state index contributed by atoms with van der Waals surface area (Å²) in [6.45, 7) is 6.94. The van der Waals surface area contributed by atoms with Crippen molar-refractivity contribution in [3.05, 3.63) is 42.5 Å². The minimum absolute atomic E-state index is 0.0573. The number of carbonyl (C=O) groups is 2. The highest BCUT2D eigenvalue weighted by atomic mass is 16.5. The quantitative estimate of drug-likeness (QED) is 0.627. The Balaban J connectivity index is 1.47. The Morgan fingerprint density at radius 2 is 1.90 bits per heavy atom. The summed E-state index contributed by atoms with van der Waals surface area (Å²) in [6, 6.07) is 14.4. The second-order valence-corrected chi connectivity index (χ2v) is 7.87. The molecular weight excluding hydrogens is 378 g/mol. The number of ether oxygens (including phenoxy) is 1. The van der Waals surface area contributed by atoms with E-state index in [0.29, 0.717) is 13.2 Å². The smallest absolute Gasteiger partial charge is 0.310 e. The molecule has 1 saturated heterocycles. The molecule has 2 heterocycles. The number of rotatable bonds is 6. The Morgan fingerprint density at radius 3 is 2.70 bits per heavy atom. The predicted octanol–water partition coefficient (Wildman–Crippen LogP) is 4.03. The van der Waals surface area contributed by atoms with Gasteiger partial charge in [-0.25, -0.2) is 0 Å². The predicted molar refractivity (Wildman–Crippen MR) is 120 cm³/mol. The van der Waals surface area contributed by atoms with Gasteiger partial charge in [0.25, 0.3) is 0 Å². The van der Waals surface area contributed by atoms with Crippen LogP contribution in [0.1, 0.15) is 26.7 Å². The van der Waals surface area contributed by atoms with Crippen LogP contribution in [0.3, 0.4) is 0 Å². The van der Waals surface area contributed by atoms with Gasteiger partial charge in [-0.1, -0.05) is 18.2 Å². The maximum atomic E-state index is 12.7. The minimum atomic E-state index is -0.152. The zero-order valence-corrected chi connectivity index (χ0v) is 17.7. The van der Waals surface area contributed by atoms with Crippen molar-refractivity contribution >= 4 is 39.4 Å². The molecule has 0 spiro atoms. The molecule has 6 heteroatoms. The van der Waals surface area contributed by atoms with Crippen LogP contribution in [0, 0.1) is 5.92 Å². The van der Waals surface area contributed by atoms with Crippen LogP contribution < -0.4 is 5.32 Å². The maximum absolute atomic E-state index is 12.7. The lowest BCUT2D eigenvalue weighted by Gasteiger charge is -2.30. The molecule has 1 fully saturated rings. The van der Waals surface area contributed by atoms with E-state index < -0.39 is 0 Å². The summed E-state index contributed by atoms with van der Waals surface area (Å²) in [4.78, 5) is 26.7. The van der Waals surface area contributed by atoms with E-state index in [0.717, 1.165) is 37.0 Å². The summed E-state index contributed by atoms with van der Waals surface area (Å²) in [5.74, 6) is -0.346. The molecule has 3 aromatic rings. The highest BCUT2D eigenvalue weighted by Gasteiger charge is 2.27. The van der Waals surface area contributed by atoms with Gasteiger partial charge in [-0.05, 0) is 57.5 Å². The number of aromatic nitrogens is 1. The van der Waals surface area contributed by atoms with Crippen molar-refractivity contribution in [3.8, 4) is 0 Å². The summed E-state index contributed by atoms with van der Waals surface area (Å²) in [5.41, 5.74) is 3.17. The standard InChI is InChI=1S/C24H29N3O3/c1-3-27-21-10-6-5-9-19(21)20-14-18(11-12-22(20)27)25-23(28)16-26-13-7-8-17(15-26)24(29)30-4-2/h5-6,9-12,14,17H,3-4,7-8,13,15-16H2,1-2H3,(H,25,28)/t17-/m1/s1. The lowest BCUT2D eigenvalue weighted by atomic mass is 9.98. The van der Waals surface area contributed by atoms with Gasteiger partial charge in [-0.2, -0.15) is 0 Å². The van der Waals surface area contributed by atoms with Crippen LogP contribution in [0.5, 0.6) is 0 Å². The number of nitrogens with zero attached hydrogens (tertiary/aromatic N) is 2. The van der Waals surface area contributed by atoms with Crippen molar-refractivity contribution in [2.45, 2.75) is 33.2 Å². The van der Waals surface area contributed by atoms with Crippen LogP contribution in [-0.2, 0) is 20.9 Å². The molecule has 0 unspecified atom stereocenters. The first-order chi connectivity index (χ1) is 14.6. The monoisotopic (exact) mass is 407 g/mol. The third kappa shape index (κ3) is 4.05. The average molecular weight is 408 g/mol. The van der Waals surface area contributed by atoms with Gasteiger partial charge < -0.3 is 14.6 Å². The van der Waals surface area contributed by atoms with Crippen molar-refractivity contribution in [2.24, 2.45) is 5.92 Å². The summed E-state index contributed by atoms with van der Waals surface area (Å²) in [6.07, 6.45) is 1.73. The van der Waals surface area contributed by atoms with E-state index in [1.807, 2.05) is 24.0 Å². The fourth-order valence-corrected chi connectivity index (χ4v) is 4.53. The van der Waals surface area contributed by atoms with Gasteiger partial charge in [-0.15, -0.1) is 0 Å². The molecule has 0 radical (unpaired) electrons. The van der Waals surface area contributed by atoms with E-state index in [1.54, 1.807) is 0 Å². The number of aryl methyl sites for hydroxylation is 1. The number of nitrogens with one attached hydrogen (secondary N) is 1. The SMILES string of the molecule is CCOC(=O)[C@@H]1CCCN(CC(=O)Nc2ccc3c(c2)c2ccccc2n3CC)C1. The van der Waals surface area contributed by atoms with Crippen molar-refractivity contribution < 1.29 is 14.3 Å². The van der Waals surface area contributed by atoms with Crippen LogP contribution in [0.2, 0.25) is 0 Å². The van der Waals surface area contributed by atoms with E-state index in [9.17, 15) is 9.59 Å². The molecule has 2 aromatic carbocycles. The molecule has 1 atom stereocenters. The summed E-state index contributed by atoms with van der Waals surface area (Å²) < 4.78 is 7.44. The molecule has 1 aliphatic heterocycles. The number of para-hydroxylation sites is 1. The molecule has 158 valence electrons. The normalized spacial score (nSPS) is 17.3. The third-order valence-electron chi connectivity index (χ3n) is 5.87. The van der Waals surface area contributed by atoms with Gasteiger partial charge in [-0.3, -0.25) is 14.5 Å². The second-order valence-electron chi connectivity index (χ2n) is 7.87. The average Bonchev–Trinajstić information content (AvgIpc) is 3.07. The Morgan fingerprint density at radius 1 is 1.10 bits per heavy atom. The number of anilines is 1. The number of amides is 1. The number of esters is 1. The molecule has 1 amide bonds. The fraction of sp³-hybridized carbons (Fsp3) is 0.417. The van der Waals surface area contributed by atoms with Gasteiger partial charge in [0.1, 0.15) is 0 Å². The number of likely N-dealkylation sites (tertiary alicyclic amines) is 1. The van der Waals surface area contributed by atoms with Gasteiger partial charge in [0.15, 0.2) is 0 Å². The van der Waals surface area contributed by atoms with Crippen LogP contribution in [0.25, 0.3) is 21.8 Å². The van der Waals surface area contributed by atoms with Gasteiger partial charge in [0.2, 0.25) is 5.91 Å². The number of hydrogen-bond acceptors (Lipinski definition) is 4. The highest BCUT2D eigenvalue weighted by molar-refractivity contribution is 6.09. The third-order valence-corrected chi connectivity index (χ3v) is 5.87. The van der Waals surface area contributed by atoms with Crippen molar-refractivity contribution in [1.82, 2.24) is 9.47 Å². The molecule has 1 N–H and O–H groups in total. The first-order valence-corrected chi connectivity index (χ1v) is 10.8. The molecule has 30 heavy (non-hydrogen) atoms. The summed E-state index contributed by atoms with van der Waals surface area (Å²) in [5, 5.41) is 5.37. The highest BCUT2D eigenvalue weighted by Crippen LogP contribution is 2.31. The van der Waals surface area contributed by atoms with Crippen LogP contribution in [-0.4, -0.2) is 47.6 Å². The van der Waals surface area contributed by atoms with Crippen molar-refractivity contribution in [1.29, 1.82) is 0 Å². The summed E-state index contributed by atoms with van der Waals surface area (Å²) in [7, 11) is 0. The number of carbonyl (C=O) groups excluding carboxylic acids is 2. The van der Waals surface area contributed by atoms with E-state index in [1.165, 1.54) is 16.4 Å². The number of fused-ring (bicyclic) bond motifs is 3. The van der Waals surface area contributed by atoms with Crippen LogP contribution in [0.4, 0.5) is 5.69 Å². The van der Waals surface area contributed by atoms with Gasteiger partial charge in [0, 0.05) is 40.6 Å². The molecule has 1 aliphatic rings. The largest absolute Gasteiger partial charge is 0.466 e. The zero-order chi connectivity index (χ0) is 21.1. The topological polar surface area (TPSA) is 63.6 Å². The van der Waals surface area contributed by atoms with E-state index in [2.05, 4.69) is 47.1 Å². The first-order valence-electron chi connectivity index (χ1n) is 10.8. The maximum Gasteiger partial charge on any atom is 0.310 e. The van der Waals surface area contributed by atoms with E-state index in [-0.39, 0.29) is 24.3 Å².